The van der Waals surface area contributed by atoms with E-state index < -0.39 is 26.9 Å². The first-order valence-corrected chi connectivity index (χ1v) is 11.3. The lowest BCUT2D eigenvalue weighted by molar-refractivity contribution is -0.139. The Kier molecular flexibility index (Phi) is 6.91. The van der Waals surface area contributed by atoms with Gasteiger partial charge in [0.25, 0.3) is 0 Å². The van der Waals surface area contributed by atoms with Gasteiger partial charge in [-0.05, 0) is 41.3 Å². The summed E-state index contributed by atoms with van der Waals surface area (Å²) < 4.78 is 36.4. The second-order valence-corrected chi connectivity index (χ2v) is 9.53. The molecule has 0 unspecified atom stereocenters. The smallest absolute Gasteiger partial charge is 0.309 e. The Labute approximate surface area is 177 Å². The van der Waals surface area contributed by atoms with E-state index in [1.54, 1.807) is 41.8 Å². The van der Waals surface area contributed by atoms with Crippen LogP contribution in [-0.4, -0.2) is 33.9 Å². The number of furan rings is 1. The van der Waals surface area contributed by atoms with Crippen molar-refractivity contribution in [2.45, 2.75) is 16.0 Å². The average Bonchev–Trinajstić information content (AvgIpc) is 3.46. The van der Waals surface area contributed by atoms with E-state index in [0.717, 1.165) is 16.9 Å². The molecule has 158 valence electrons. The van der Waals surface area contributed by atoms with Crippen molar-refractivity contribution in [3.05, 3.63) is 71.5 Å². The molecule has 3 rings (SSSR count). The highest BCUT2D eigenvalue weighted by molar-refractivity contribution is 7.93. The van der Waals surface area contributed by atoms with Gasteiger partial charge in [-0.25, -0.2) is 8.42 Å². The van der Waals surface area contributed by atoms with Gasteiger partial charge >= 0.3 is 11.8 Å². The van der Waals surface area contributed by atoms with E-state index in [9.17, 15) is 18.0 Å². The molecule has 8 nitrogen and oxygen atoms in total. The second kappa shape index (κ2) is 9.59. The normalized spacial score (nSPS) is 12.2. The number of hydrogen-bond acceptors (Lipinski definition) is 7. The fraction of sp³-hybridized carbons (Fsp3) is 0.200. The van der Waals surface area contributed by atoms with Crippen LogP contribution in [0.4, 0.5) is 0 Å². The Balaban J connectivity index is 1.63. The molecule has 0 aliphatic carbocycles. The van der Waals surface area contributed by atoms with Crippen LogP contribution in [0.25, 0.3) is 0 Å². The molecule has 0 saturated heterocycles. The van der Waals surface area contributed by atoms with E-state index in [-0.39, 0.29) is 23.1 Å². The molecule has 0 bridgehead atoms. The Hall–Kier alpha value is -3.11. The summed E-state index contributed by atoms with van der Waals surface area (Å²) in [6, 6.07) is 13.2. The molecule has 0 aliphatic heterocycles. The van der Waals surface area contributed by atoms with Crippen molar-refractivity contribution in [1.29, 1.82) is 0 Å². The molecule has 0 radical (unpaired) electrons. The van der Waals surface area contributed by atoms with Gasteiger partial charge in [0.2, 0.25) is 0 Å². The van der Waals surface area contributed by atoms with Crippen LogP contribution in [0.3, 0.4) is 0 Å². The number of rotatable bonds is 8. The number of ether oxygens (including phenoxy) is 1. The van der Waals surface area contributed by atoms with Gasteiger partial charge in [0.15, 0.2) is 9.84 Å². The monoisotopic (exact) mass is 448 g/mol. The number of benzene rings is 1. The summed E-state index contributed by atoms with van der Waals surface area (Å²) in [5.74, 6) is -0.993. The number of amides is 2. The number of hydrogen-bond donors (Lipinski definition) is 2. The largest absolute Gasteiger partial charge is 0.497 e. The quantitative estimate of drug-likeness (QED) is 0.511. The van der Waals surface area contributed by atoms with Gasteiger partial charge in [-0.2, -0.15) is 0 Å². The summed E-state index contributed by atoms with van der Waals surface area (Å²) in [5.41, 5.74) is 0.754. The van der Waals surface area contributed by atoms with Gasteiger partial charge in [-0.1, -0.05) is 18.2 Å². The Bertz CT molecular complexity index is 1090. The van der Waals surface area contributed by atoms with E-state index in [1.165, 1.54) is 25.5 Å². The molecule has 2 amide bonds. The van der Waals surface area contributed by atoms with E-state index >= 15 is 0 Å². The maximum atomic E-state index is 12.9. The van der Waals surface area contributed by atoms with E-state index in [1.807, 2.05) is 0 Å². The third-order valence-corrected chi connectivity index (χ3v) is 7.74. The zero-order valence-electron chi connectivity index (χ0n) is 16.0. The minimum absolute atomic E-state index is 0.124. The molecule has 1 atom stereocenters. The van der Waals surface area contributed by atoms with Crippen LogP contribution in [0.1, 0.15) is 16.6 Å². The summed E-state index contributed by atoms with van der Waals surface area (Å²) in [7, 11) is -2.27. The molecule has 3 aromatic rings. The van der Waals surface area contributed by atoms with E-state index in [0.29, 0.717) is 5.75 Å². The van der Waals surface area contributed by atoms with Crippen molar-refractivity contribution in [2.24, 2.45) is 0 Å². The molecule has 0 aliphatic rings. The molecular formula is C20H20N2O6S2. The zero-order chi connectivity index (χ0) is 21.6. The minimum Gasteiger partial charge on any atom is -0.497 e. The maximum absolute atomic E-state index is 12.9. The molecule has 2 N–H and O–H groups in total. The maximum Gasteiger partial charge on any atom is 0.309 e. The standard InChI is InChI=1S/C20H20N2O6S2/c1-27-15-6-2-5-14(11-15)12-21-19(23)20(24)22-13-17(16-7-3-9-28-16)30(25,26)18-8-4-10-29-18/h2-11,17H,12-13H2,1H3,(H,21,23)(H,22,24)/t17-/m0/s1. The lowest BCUT2D eigenvalue weighted by Gasteiger charge is -2.15. The van der Waals surface area contributed by atoms with E-state index in [2.05, 4.69) is 10.6 Å². The van der Waals surface area contributed by atoms with Crippen LogP contribution in [0, 0.1) is 0 Å². The number of thiophene rings is 1. The first-order chi connectivity index (χ1) is 14.4. The van der Waals surface area contributed by atoms with Gasteiger partial charge in [-0.3, -0.25) is 9.59 Å². The Morgan fingerprint density at radius 1 is 1.10 bits per heavy atom. The molecule has 30 heavy (non-hydrogen) atoms. The highest BCUT2D eigenvalue weighted by atomic mass is 32.2. The fourth-order valence-corrected chi connectivity index (χ4v) is 5.51. The Morgan fingerprint density at radius 3 is 2.57 bits per heavy atom. The topological polar surface area (TPSA) is 115 Å². The number of sulfone groups is 1. The van der Waals surface area contributed by atoms with Crippen molar-refractivity contribution >= 4 is 33.0 Å². The molecule has 2 heterocycles. The summed E-state index contributed by atoms with van der Waals surface area (Å²) in [5, 5.41) is 5.38. The van der Waals surface area contributed by atoms with Crippen molar-refractivity contribution in [2.75, 3.05) is 13.7 Å². The highest BCUT2D eigenvalue weighted by Gasteiger charge is 2.33. The first kappa shape index (κ1) is 21.6. The van der Waals surface area contributed by atoms with Gasteiger partial charge in [0, 0.05) is 13.1 Å². The summed E-state index contributed by atoms with van der Waals surface area (Å²) in [6.45, 7) is -0.183. The Morgan fingerprint density at radius 2 is 1.90 bits per heavy atom. The van der Waals surface area contributed by atoms with Crippen LogP contribution >= 0.6 is 11.3 Å². The molecule has 0 spiro atoms. The summed E-state index contributed by atoms with van der Waals surface area (Å²) in [4.78, 5) is 24.3. The highest BCUT2D eigenvalue weighted by Crippen LogP contribution is 2.31. The van der Waals surface area contributed by atoms with Crippen molar-refractivity contribution in [1.82, 2.24) is 10.6 Å². The van der Waals surface area contributed by atoms with Crippen LogP contribution < -0.4 is 15.4 Å². The fourth-order valence-electron chi connectivity index (χ4n) is 2.71. The first-order valence-electron chi connectivity index (χ1n) is 8.91. The number of carbonyl (C=O) groups excluding carboxylic acids is 2. The predicted molar refractivity (Wildman–Crippen MR) is 111 cm³/mol. The SMILES string of the molecule is COc1cccc(CNC(=O)C(=O)NC[C@@H](c2ccco2)S(=O)(=O)c2cccs2)c1. The van der Waals surface area contributed by atoms with Crippen LogP contribution in [0.15, 0.2) is 68.8 Å². The minimum atomic E-state index is -3.80. The van der Waals surface area contributed by atoms with Gasteiger partial charge in [0.1, 0.15) is 21.0 Å². The van der Waals surface area contributed by atoms with Crippen LogP contribution in [-0.2, 0) is 26.0 Å². The lowest BCUT2D eigenvalue weighted by Crippen LogP contribution is -2.42. The third kappa shape index (κ3) is 5.08. The van der Waals surface area contributed by atoms with Crippen LogP contribution in [0.2, 0.25) is 0 Å². The van der Waals surface area contributed by atoms with Gasteiger partial charge in [-0.15, -0.1) is 11.3 Å². The molecule has 0 saturated carbocycles. The number of carbonyl (C=O) groups is 2. The van der Waals surface area contributed by atoms with Crippen molar-refractivity contribution in [3.63, 3.8) is 0 Å². The predicted octanol–water partition coefficient (Wildman–Crippen LogP) is 2.30. The van der Waals surface area contributed by atoms with Gasteiger partial charge in [0.05, 0.1) is 13.4 Å². The lowest BCUT2D eigenvalue weighted by atomic mass is 10.2. The molecular weight excluding hydrogens is 428 g/mol. The van der Waals surface area contributed by atoms with Crippen LogP contribution in [0.5, 0.6) is 5.75 Å². The molecule has 2 aromatic heterocycles. The second-order valence-electron chi connectivity index (χ2n) is 6.23. The average molecular weight is 449 g/mol. The van der Waals surface area contributed by atoms with Crippen molar-refractivity contribution in [3.8, 4) is 5.75 Å². The van der Waals surface area contributed by atoms with Crippen molar-refractivity contribution < 1.29 is 27.2 Å². The molecule has 0 fully saturated rings. The number of methoxy groups -OCH3 is 1. The zero-order valence-corrected chi connectivity index (χ0v) is 17.7. The summed E-state index contributed by atoms with van der Waals surface area (Å²) in [6.07, 6.45) is 1.36. The van der Waals surface area contributed by atoms with Gasteiger partial charge < -0.3 is 19.8 Å². The molecule has 1 aromatic carbocycles. The van der Waals surface area contributed by atoms with E-state index in [4.69, 9.17) is 9.15 Å². The molecule has 10 heteroatoms. The third-order valence-electron chi connectivity index (χ3n) is 4.25. The number of nitrogens with one attached hydrogen (secondary N) is 2. The summed E-state index contributed by atoms with van der Waals surface area (Å²) >= 11 is 1.07.